The molecule has 8 heteroatoms. The Bertz CT molecular complexity index is 714. The fourth-order valence-corrected chi connectivity index (χ4v) is 4.27. The molecule has 2 saturated heterocycles. The van der Waals surface area contributed by atoms with Gasteiger partial charge in [-0.05, 0) is 43.9 Å². The van der Waals surface area contributed by atoms with E-state index in [1.54, 1.807) is 30.2 Å². The summed E-state index contributed by atoms with van der Waals surface area (Å²) in [6.45, 7) is 2.31. The van der Waals surface area contributed by atoms with Crippen molar-refractivity contribution in [2.24, 2.45) is 0 Å². The molecule has 3 rings (SSSR count). The molecule has 2 aliphatic heterocycles. The number of benzene rings is 1. The number of carbonyl (C=O) groups excluding carboxylic acids is 2. The number of nitrogens with one attached hydrogen (secondary N) is 1. The largest absolute Gasteiger partial charge is 0.495 e. The summed E-state index contributed by atoms with van der Waals surface area (Å²) >= 11 is 6.06. The van der Waals surface area contributed by atoms with Crippen molar-refractivity contribution in [2.75, 3.05) is 45.8 Å². The third-order valence-electron chi connectivity index (χ3n) is 5.41. The highest BCUT2D eigenvalue weighted by molar-refractivity contribution is 6.31. The van der Waals surface area contributed by atoms with Crippen molar-refractivity contribution in [3.63, 3.8) is 0 Å². The lowest BCUT2D eigenvalue weighted by molar-refractivity contribution is -0.146. The number of hydrogen-bond donors (Lipinski definition) is 1. The molecule has 2 fully saturated rings. The van der Waals surface area contributed by atoms with Gasteiger partial charge in [0.05, 0.1) is 19.4 Å². The van der Waals surface area contributed by atoms with Gasteiger partial charge in [0.1, 0.15) is 11.3 Å². The van der Waals surface area contributed by atoms with E-state index in [2.05, 4.69) is 5.32 Å². The topological polar surface area (TPSA) is 71.1 Å². The van der Waals surface area contributed by atoms with Gasteiger partial charge in [0, 0.05) is 31.8 Å². The number of ether oxygens (including phenoxy) is 2. The van der Waals surface area contributed by atoms with Crippen LogP contribution in [0.4, 0.5) is 10.5 Å². The summed E-state index contributed by atoms with van der Waals surface area (Å²) in [6.07, 6.45) is 3.06. The number of piperidine rings is 1. The van der Waals surface area contributed by atoms with E-state index in [0.29, 0.717) is 55.5 Å². The molecule has 1 N–H and O–H groups in total. The first-order valence-corrected chi connectivity index (χ1v) is 9.60. The predicted molar refractivity (Wildman–Crippen MR) is 103 cm³/mol. The van der Waals surface area contributed by atoms with Crippen LogP contribution in [0.2, 0.25) is 5.02 Å². The molecule has 148 valence electrons. The zero-order valence-electron chi connectivity index (χ0n) is 15.8. The molecule has 3 amide bonds. The predicted octanol–water partition coefficient (Wildman–Crippen LogP) is 2.98. The quantitative estimate of drug-likeness (QED) is 0.832. The fourth-order valence-electron chi connectivity index (χ4n) is 4.10. The first-order chi connectivity index (χ1) is 13.0. The number of nitrogens with zero attached hydrogens (tertiary/aromatic N) is 2. The van der Waals surface area contributed by atoms with Crippen molar-refractivity contribution in [1.29, 1.82) is 0 Å². The van der Waals surface area contributed by atoms with Gasteiger partial charge in [0.15, 0.2) is 0 Å². The highest BCUT2D eigenvalue weighted by atomic mass is 35.5. The number of amides is 3. The second kappa shape index (κ2) is 8.35. The van der Waals surface area contributed by atoms with Crippen molar-refractivity contribution in [3.05, 3.63) is 23.2 Å². The Balaban J connectivity index is 1.80. The highest BCUT2D eigenvalue weighted by Crippen LogP contribution is 2.39. The van der Waals surface area contributed by atoms with Crippen LogP contribution in [0.15, 0.2) is 18.2 Å². The molecule has 1 spiro atoms. The third-order valence-corrected chi connectivity index (χ3v) is 5.64. The summed E-state index contributed by atoms with van der Waals surface area (Å²) in [4.78, 5) is 29.8. The van der Waals surface area contributed by atoms with Gasteiger partial charge in [-0.3, -0.25) is 4.79 Å². The Kier molecular flexibility index (Phi) is 6.11. The summed E-state index contributed by atoms with van der Waals surface area (Å²) in [5, 5.41) is 3.38. The van der Waals surface area contributed by atoms with E-state index < -0.39 is 5.54 Å². The minimum atomic E-state index is -0.762. The first kappa shape index (κ1) is 19.8. The van der Waals surface area contributed by atoms with Crippen molar-refractivity contribution in [3.8, 4) is 5.75 Å². The Labute approximate surface area is 164 Å². The number of urea groups is 1. The maximum atomic E-state index is 13.2. The van der Waals surface area contributed by atoms with E-state index in [1.807, 2.05) is 4.90 Å². The van der Waals surface area contributed by atoms with E-state index in [1.165, 1.54) is 7.11 Å². The van der Waals surface area contributed by atoms with Crippen molar-refractivity contribution >= 4 is 29.2 Å². The Hall–Kier alpha value is -1.99. The molecule has 2 aliphatic rings. The molecule has 1 unspecified atom stereocenters. The van der Waals surface area contributed by atoms with Crippen LogP contribution in [0.1, 0.15) is 25.7 Å². The monoisotopic (exact) mass is 395 g/mol. The van der Waals surface area contributed by atoms with E-state index >= 15 is 0 Å². The number of rotatable bonds is 5. The standard InChI is InChI=1S/C19H26ClN3O4/c1-26-12-11-22-9-3-7-19(17(22)24)8-4-10-23(19)18(25)21-15-13-14(20)5-6-16(15)27-2/h5-6,13H,3-4,7-12H2,1-2H3,(H,21,25). The van der Waals surface area contributed by atoms with Crippen LogP contribution in [0, 0.1) is 0 Å². The lowest BCUT2D eigenvalue weighted by Gasteiger charge is -2.44. The lowest BCUT2D eigenvalue weighted by Crippen LogP contribution is -2.62. The van der Waals surface area contributed by atoms with Crippen LogP contribution in [0.5, 0.6) is 5.75 Å². The molecule has 1 aromatic carbocycles. The summed E-state index contributed by atoms with van der Waals surface area (Å²) in [6, 6.07) is 4.76. The number of halogens is 1. The molecular formula is C19H26ClN3O4. The van der Waals surface area contributed by atoms with Gasteiger partial charge in [0.25, 0.3) is 0 Å². The van der Waals surface area contributed by atoms with Gasteiger partial charge < -0.3 is 24.6 Å². The third kappa shape index (κ3) is 3.84. The van der Waals surface area contributed by atoms with Crippen molar-refractivity contribution in [2.45, 2.75) is 31.2 Å². The van der Waals surface area contributed by atoms with Crippen LogP contribution in [-0.4, -0.2) is 67.7 Å². The maximum absolute atomic E-state index is 13.2. The number of likely N-dealkylation sites (tertiary alicyclic amines) is 2. The highest BCUT2D eigenvalue weighted by Gasteiger charge is 2.52. The van der Waals surface area contributed by atoms with Crippen LogP contribution in [-0.2, 0) is 9.53 Å². The van der Waals surface area contributed by atoms with Crippen LogP contribution >= 0.6 is 11.6 Å². The van der Waals surface area contributed by atoms with E-state index in [0.717, 1.165) is 12.8 Å². The second-order valence-electron chi connectivity index (χ2n) is 6.95. The molecule has 0 saturated carbocycles. The summed E-state index contributed by atoms with van der Waals surface area (Å²) in [5.41, 5.74) is -0.265. The minimum Gasteiger partial charge on any atom is -0.495 e. The van der Waals surface area contributed by atoms with E-state index in [-0.39, 0.29) is 11.9 Å². The molecule has 0 aromatic heterocycles. The van der Waals surface area contributed by atoms with Crippen LogP contribution in [0.3, 0.4) is 0 Å². The zero-order valence-corrected chi connectivity index (χ0v) is 16.6. The molecule has 2 heterocycles. The van der Waals surface area contributed by atoms with Gasteiger partial charge in [-0.1, -0.05) is 11.6 Å². The van der Waals surface area contributed by atoms with Crippen molar-refractivity contribution < 1.29 is 19.1 Å². The number of hydrogen-bond acceptors (Lipinski definition) is 4. The number of carbonyl (C=O) groups is 2. The first-order valence-electron chi connectivity index (χ1n) is 9.22. The Morgan fingerprint density at radius 2 is 2.00 bits per heavy atom. The lowest BCUT2D eigenvalue weighted by atomic mass is 9.85. The summed E-state index contributed by atoms with van der Waals surface area (Å²) in [5.74, 6) is 0.550. The van der Waals surface area contributed by atoms with Crippen LogP contribution < -0.4 is 10.1 Å². The molecule has 7 nitrogen and oxygen atoms in total. The average molecular weight is 396 g/mol. The molecular weight excluding hydrogens is 370 g/mol. The Morgan fingerprint density at radius 1 is 1.26 bits per heavy atom. The molecule has 0 radical (unpaired) electrons. The van der Waals surface area contributed by atoms with Gasteiger partial charge in [-0.25, -0.2) is 4.79 Å². The van der Waals surface area contributed by atoms with E-state index in [4.69, 9.17) is 21.1 Å². The smallest absolute Gasteiger partial charge is 0.322 e. The SMILES string of the molecule is COCCN1CCCC2(CCCN2C(=O)Nc2cc(Cl)ccc2OC)C1=O. The van der Waals surface area contributed by atoms with Gasteiger partial charge in [0.2, 0.25) is 5.91 Å². The summed E-state index contributed by atoms with van der Waals surface area (Å²) < 4.78 is 10.4. The molecule has 1 aromatic rings. The summed E-state index contributed by atoms with van der Waals surface area (Å²) in [7, 11) is 3.16. The molecule has 0 bridgehead atoms. The zero-order chi connectivity index (χ0) is 19.4. The Morgan fingerprint density at radius 3 is 2.70 bits per heavy atom. The molecule has 27 heavy (non-hydrogen) atoms. The average Bonchev–Trinajstić information content (AvgIpc) is 3.08. The second-order valence-corrected chi connectivity index (χ2v) is 7.39. The molecule has 0 aliphatic carbocycles. The van der Waals surface area contributed by atoms with E-state index in [9.17, 15) is 9.59 Å². The number of methoxy groups -OCH3 is 2. The van der Waals surface area contributed by atoms with Gasteiger partial charge >= 0.3 is 6.03 Å². The fraction of sp³-hybridized carbons (Fsp3) is 0.579. The van der Waals surface area contributed by atoms with Crippen LogP contribution in [0.25, 0.3) is 0 Å². The minimum absolute atomic E-state index is 0.0245. The van der Waals surface area contributed by atoms with Crippen molar-refractivity contribution in [1.82, 2.24) is 9.80 Å². The molecule has 1 atom stereocenters. The maximum Gasteiger partial charge on any atom is 0.322 e. The normalized spacial score (nSPS) is 22.4. The number of anilines is 1. The van der Waals surface area contributed by atoms with Gasteiger partial charge in [-0.15, -0.1) is 0 Å². The van der Waals surface area contributed by atoms with Gasteiger partial charge in [-0.2, -0.15) is 0 Å².